The average molecular weight is 321 g/mol. The van der Waals surface area contributed by atoms with Crippen LogP contribution < -0.4 is 11.2 Å². The predicted molar refractivity (Wildman–Crippen MR) is 91.9 cm³/mol. The molecule has 0 spiro atoms. The van der Waals surface area contributed by atoms with Crippen LogP contribution in [0.25, 0.3) is 11.2 Å². The highest BCUT2D eigenvalue weighted by molar-refractivity contribution is 5.70. The SMILES string of the molecule is Cc1nc2c(c(=O)n(C)c(=O)n2C)n1CCN(C(C)C)C(C)C. The summed E-state index contributed by atoms with van der Waals surface area (Å²) in [4.78, 5) is 31.4. The van der Waals surface area contributed by atoms with E-state index < -0.39 is 0 Å². The van der Waals surface area contributed by atoms with Gasteiger partial charge in [-0.25, -0.2) is 9.78 Å². The summed E-state index contributed by atoms with van der Waals surface area (Å²) in [5.74, 6) is 0.755. The van der Waals surface area contributed by atoms with Crippen LogP contribution in [-0.2, 0) is 20.6 Å². The highest BCUT2D eigenvalue weighted by Crippen LogP contribution is 2.12. The van der Waals surface area contributed by atoms with Gasteiger partial charge >= 0.3 is 5.69 Å². The number of imidazole rings is 1. The fourth-order valence-electron chi connectivity index (χ4n) is 3.16. The van der Waals surface area contributed by atoms with Crippen LogP contribution in [-0.4, -0.2) is 42.2 Å². The number of hydrogen-bond donors (Lipinski definition) is 0. The van der Waals surface area contributed by atoms with E-state index in [9.17, 15) is 9.59 Å². The zero-order chi connectivity index (χ0) is 17.5. The van der Waals surface area contributed by atoms with Crippen LogP contribution >= 0.6 is 0 Å². The second kappa shape index (κ2) is 6.31. The van der Waals surface area contributed by atoms with Crippen LogP contribution in [0.5, 0.6) is 0 Å². The summed E-state index contributed by atoms with van der Waals surface area (Å²) < 4.78 is 4.50. The van der Waals surface area contributed by atoms with Crippen molar-refractivity contribution >= 4 is 11.2 Å². The van der Waals surface area contributed by atoms with E-state index in [-0.39, 0.29) is 11.2 Å². The van der Waals surface area contributed by atoms with Crippen LogP contribution in [0.3, 0.4) is 0 Å². The summed E-state index contributed by atoms with van der Waals surface area (Å²) in [5.41, 5.74) is 0.318. The molecule has 0 saturated carbocycles. The number of nitrogens with zero attached hydrogens (tertiary/aromatic N) is 5. The molecule has 2 aromatic rings. The van der Waals surface area contributed by atoms with Gasteiger partial charge in [-0.3, -0.25) is 18.8 Å². The molecule has 2 aromatic heterocycles. The third-order valence-electron chi connectivity index (χ3n) is 4.45. The van der Waals surface area contributed by atoms with Crippen molar-refractivity contribution in [1.29, 1.82) is 0 Å². The first-order valence-electron chi connectivity index (χ1n) is 8.05. The Balaban J connectivity index is 2.52. The van der Waals surface area contributed by atoms with Gasteiger partial charge in [-0.05, 0) is 34.6 Å². The van der Waals surface area contributed by atoms with Crippen LogP contribution in [0.15, 0.2) is 9.59 Å². The van der Waals surface area contributed by atoms with Crippen LogP contribution in [0, 0.1) is 6.92 Å². The normalized spacial score (nSPS) is 12.3. The summed E-state index contributed by atoms with van der Waals surface area (Å²) in [6.07, 6.45) is 0. The molecule has 0 aromatic carbocycles. The molecule has 23 heavy (non-hydrogen) atoms. The van der Waals surface area contributed by atoms with Gasteiger partial charge in [0.25, 0.3) is 5.56 Å². The minimum absolute atomic E-state index is 0.288. The minimum atomic E-state index is -0.349. The zero-order valence-electron chi connectivity index (χ0n) is 15.1. The Morgan fingerprint density at radius 2 is 1.61 bits per heavy atom. The molecule has 0 N–H and O–H groups in total. The average Bonchev–Trinajstić information content (AvgIpc) is 2.79. The van der Waals surface area contributed by atoms with Gasteiger partial charge in [0.05, 0.1) is 0 Å². The van der Waals surface area contributed by atoms with Crippen molar-refractivity contribution in [2.75, 3.05) is 6.54 Å². The Morgan fingerprint density at radius 3 is 2.13 bits per heavy atom. The fraction of sp³-hybridized carbons (Fsp3) is 0.688. The van der Waals surface area contributed by atoms with Crippen molar-refractivity contribution in [3.63, 3.8) is 0 Å². The maximum absolute atomic E-state index is 12.5. The third kappa shape index (κ3) is 2.97. The van der Waals surface area contributed by atoms with Crippen molar-refractivity contribution in [2.45, 2.75) is 53.2 Å². The topological polar surface area (TPSA) is 65.1 Å². The van der Waals surface area contributed by atoms with Gasteiger partial charge in [-0.2, -0.15) is 0 Å². The van der Waals surface area contributed by atoms with E-state index in [1.54, 1.807) is 7.05 Å². The predicted octanol–water partition coefficient (Wildman–Crippen LogP) is 0.861. The smallest absolute Gasteiger partial charge is 0.321 e. The second-order valence-corrected chi connectivity index (χ2v) is 6.61. The van der Waals surface area contributed by atoms with Crippen LogP contribution in [0.1, 0.15) is 33.5 Å². The molecule has 7 heteroatoms. The molecule has 0 amide bonds. The van der Waals surface area contributed by atoms with Gasteiger partial charge in [0.2, 0.25) is 0 Å². The van der Waals surface area contributed by atoms with Crippen molar-refractivity contribution in [1.82, 2.24) is 23.6 Å². The van der Waals surface area contributed by atoms with Gasteiger partial charge in [-0.15, -0.1) is 0 Å². The van der Waals surface area contributed by atoms with E-state index in [0.717, 1.165) is 16.9 Å². The lowest BCUT2D eigenvalue weighted by atomic mass is 10.2. The van der Waals surface area contributed by atoms with Crippen LogP contribution in [0.2, 0.25) is 0 Å². The highest BCUT2D eigenvalue weighted by atomic mass is 16.2. The molecule has 0 atom stereocenters. The molecule has 0 bridgehead atoms. The molecular formula is C16H27N5O2. The lowest BCUT2D eigenvalue weighted by Crippen LogP contribution is -2.40. The quantitative estimate of drug-likeness (QED) is 0.819. The summed E-state index contributed by atoms with van der Waals surface area (Å²) >= 11 is 0. The molecule has 0 unspecified atom stereocenters. The van der Waals surface area contributed by atoms with Gasteiger partial charge < -0.3 is 4.57 Å². The standard InChI is InChI=1S/C16H27N5O2/c1-10(2)20(11(3)4)8-9-21-12(5)17-14-13(21)15(22)19(7)16(23)18(14)6/h10-11H,8-9H2,1-7H3. The summed E-state index contributed by atoms with van der Waals surface area (Å²) in [5, 5.41) is 0. The number of fused-ring (bicyclic) bond motifs is 1. The van der Waals surface area contributed by atoms with E-state index >= 15 is 0 Å². The summed E-state index contributed by atoms with van der Waals surface area (Å²) in [7, 11) is 3.15. The van der Waals surface area contributed by atoms with E-state index in [1.165, 1.54) is 11.6 Å². The minimum Gasteiger partial charge on any atom is -0.321 e. The third-order valence-corrected chi connectivity index (χ3v) is 4.45. The first-order valence-corrected chi connectivity index (χ1v) is 8.05. The highest BCUT2D eigenvalue weighted by Gasteiger charge is 2.19. The molecule has 0 radical (unpaired) electrons. The van der Waals surface area contributed by atoms with E-state index in [4.69, 9.17) is 0 Å². The van der Waals surface area contributed by atoms with Gasteiger partial charge in [0, 0.05) is 39.3 Å². The molecule has 128 valence electrons. The molecule has 0 saturated heterocycles. The second-order valence-electron chi connectivity index (χ2n) is 6.61. The van der Waals surface area contributed by atoms with Crippen molar-refractivity contribution in [3.05, 3.63) is 26.7 Å². The zero-order valence-corrected chi connectivity index (χ0v) is 15.1. The van der Waals surface area contributed by atoms with Gasteiger partial charge in [0.15, 0.2) is 11.2 Å². The number of rotatable bonds is 5. The molecule has 0 aliphatic heterocycles. The molecule has 0 fully saturated rings. The van der Waals surface area contributed by atoms with Crippen LogP contribution in [0.4, 0.5) is 0 Å². The van der Waals surface area contributed by atoms with E-state index in [1.807, 2.05) is 11.5 Å². The molecule has 0 aliphatic rings. The largest absolute Gasteiger partial charge is 0.332 e. The number of aromatic nitrogens is 4. The summed E-state index contributed by atoms with van der Waals surface area (Å²) in [6.45, 7) is 12.0. The maximum Gasteiger partial charge on any atom is 0.332 e. The Kier molecular flexibility index (Phi) is 4.79. The first-order chi connectivity index (χ1) is 10.7. The monoisotopic (exact) mass is 321 g/mol. The number of aryl methyl sites for hydroxylation is 2. The van der Waals surface area contributed by atoms with Crippen molar-refractivity contribution < 1.29 is 0 Å². The Hall–Kier alpha value is -1.89. The Morgan fingerprint density at radius 1 is 1.04 bits per heavy atom. The molecule has 2 rings (SSSR count). The lowest BCUT2D eigenvalue weighted by molar-refractivity contribution is 0.168. The molecular weight excluding hydrogens is 294 g/mol. The van der Waals surface area contributed by atoms with Gasteiger partial charge in [-0.1, -0.05) is 0 Å². The van der Waals surface area contributed by atoms with E-state index in [0.29, 0.717) is 29.8 Å². The fourth-order valence-corrected chi connectivity index (χ4v) is 3.16. The van der Waals surface area contributed by atoms with E-state index in [2.05, 4.69) is 37.6 Å². The Bertz CT molecular complexity index is 818. The maximum atomic E-state index is 12.5. The molecule has 0 aliphatic carbocycles. The lowest BCUT2D eigenvalue weighted by Gasteiger charge is -2.30. The molecule has 7 nitrogen and oxygen atoms in total. The Labute approximate surface area is 136 Å². The van der Waals surface area contributed by atoms with Gasteiger partial charge in [0.1, 0.15) is 5.82 Å². The number of hydrogen-bond acceptors (Lipinski definition) is 4. The molecule has 2 heterocycles. The van der Waals surface area contributed by atoms with Crippen molar-refractivity contribution in [3.8, 4) is 0 Å². The van der Waals surface area contributed by atoms with Crippen molar-refractivity contribution in [2.24, 2.45) is 14.1 Å². The first kappa shape index (κ1) is 17.5. The summed E-state index contributed by atoms with van der Waals surface area (Å²) in [6, 6.07) is 0.856.